The molecule has 0 aliphatic rings. The third-order valence-corrected chi connectivity index (χ3v) is 3.34. The van der Waals surface area contributed by atoms with Crippen LogP contribution in [0.2, 0.25) is 0 Å². The number of halogens is 1. The zero-order chi connectivity index (χ0) is 11.3. The molecule has 3 nitrogen and oxygen atoms in total. The highest BCUT2D eigenvalue weighted by atomic mass is 127. The first-order chi connectivity index (χ1) is 7.20. The Morgan fingerprint density at radius 2 is 2.27 bits per heavy atom. The van der Waals surface area contributed by atoms with E-state index in [1.54, 1.807) is 0 Å². The predicted octanol–water partition coefficient (Wildman–Crippen LogP) is 3.39. The molecule has 0 N–H and O–H groups in total. The van der Waals surface area contributed by atoms with Gasteiger partial charge in [-0.1, -0.05) is 13.8 Å². The quantitative estimate of drug-likeness (QED) is 0.593. The number of ether oxygens (including phenoxy) is 1. The van der Waals surface area contributed by atoms with E-state index in [2.05, 4.69) is 53.1 Å². The van der Waals surface area contributed by atoms with Gasteiger partial charge in [0.2, 0.25) is 0 Å². The van der Waals surface area contributed by atoms with Crippen LogP contribution in [0.5, 0.6) is 0 Å². The number of hydrogen-bond acceptors (Lipinski definition) is 2. The van der Waals surface area contributed by atoms with E-state index in [4.69, 9.17) is 4.74 Å². The molecule has 1 aromatic heterocycles. The highest BCUT2D eigenvalue weighted by molar-refractivity contribution is 14.1. The third kappa shape index (κ3) is 3.45. The lowest BCUT2D eigenvalue weighted by molar-refractivity contribution is 0.113. The Hall–Kier alpha value is -0.100. The fourth-order valence-electron chi connectivity index (χ4n) is 1.37. The zero-order valence-corrected chi connectivity index (χ0v) is 11.8. The van der Waals surface area contributed by atoms with Gasteiger partial charge < -0.3 is 4.74 Å². The molecule has 0 saturated carbocycles. The van der Waals surface area contributed by atoms with Gasteiger partial charge in [-0.3, -0.25) is 4.68 Å². The summed E-state index contributed by atoms with van der Waals surface area (Å²) >= 11 is 2.32. The number of nitrogens with zero attached hydrogens (tertiary/aromatic N) is 2. The van der Waals surface area contributed by atoms with Crippen molar-refractivity contribution in [1.82, 2.24) is 9.78 Å². The van der Waals surface area contributed by atoms with Crippen LogP contribution in [0.1, 0.15) is 45.3 Å². The van der Waals surface area contributed by atoms with E-state index in [-0.39, 0.29) is 0 Å². The first-order valence-electron chi connectivity index (χ1n) is 5.50. The topological polar surface area (TPSA) is 27.1 Å². The Bertz CT molecular complexity index is 299. The molecule has 1 aromatic rings. The molecule has 15 heavy (non-hydrogen) atoms. The lowest BCUT2D eigenvalue weighted by Crippen LogP contribution is -2.11. The fourth-order valence-corrected chi connectivity index (χ4v) is 1.89. The van der Waals surface area contributed by atoms with Gasteiger partial charge in [0.05, 0.1) is 22.1 Å². The van der Waals surface area contributed by atoms with Crippen LogP contribution in [-0.2, 0) is 11.3 Å². The van der Waals surface area contributed by atoms with E-state index in [1.807, 2.05) is 6.20 Å². The molecule has 1 heterocycles. The summed E-state index contributed by atoms with van der Waals surface area (Å²) in [5, 5.41) is 4.39. The molecule has 0 unspecified atom stereocenters. The van der Waals surface area contributed by atoms with E-state index < -0.39 is 0 Å². The monoisotopic (exact) mass is 322 g/mol. The molecule has 86 valence electrons. The summed E-state index contributed by atoms with van der Waals surface area (Å²) in [6.45, 7) is 7.98. The van der Waals surface area contributed by atoms with Crippen LogP contribution in [0.4, 0.5) is 0 Å². The molecule has 1 rings (SSSR count). The van der Waals surface area contributed by atoms with Crippen molar-refractivity contribution in [2.45, 2.75) is 46.3 Å². The second kappa shape index (κ2) is 6.48. The minimum Gasteiger partial charge on any atom is -0.375 e. The Labute approximate surface area is 105 Å². The minimum absolute atomic E-state index is 0.453. The maximum absolute atomic E-state index is 5.58. The van der Waals surface area contributed by atoms with Crippen molar-refractivity contribution in [3.05, 3.63) is 15.5 Å². The maximum Gasteiger partial charge on any atom is 0.0895 e. The van der Waals surface area contributed by atoms with Crippen LogP contribution >= 0.6 is 22.6 Å². The van der Waals surface area contributed by atoms with E-state index in [9.17, 15) is 0 Å². The third-order valence-electron chi connectivity index (χ3n) is 2.44. The summed E-state index contributed by atoms with van der Waals surface area (Å²) in [6, 6.07) is 0.453. The van der Waals surface area contributed by atoms with Gasteiger partial charge in [-0.25, -0.2) is 0 Å². The molecule has 0 amide bonds. The number of aromatic nitrogens is 2. The van der Waals surface area contributed by atoms with Crippen molar-refractivity contribution in [2.24, 2.45) is 0 Å². The fraction of sp³-hybridized carbons (Fsp3) is 0.727. The van der Waals surface area contributed by atoms with Crippen LogP contribution < -0.4 is 0 Å². The van der Waals surface area contributed by atoms with Crippen LogP contribution in [0, 0.1) is 3.57 Å². The second-order valence-electron chi connectivity index (χ2n) is 3.69. The van der Waals surface area contributed by atoms with E-state index >= 15 is 0 Å². The van der Waals surface area contributed by atoms with Crippen LogP contribution in [0.25, 0.3) is 0 Å². The molecule has 0 spiro atoms. The normalized spacial score (nSPS) is 13.1. The summed E-state index contributed by atoms with van der Waals surface area (Å²) in [4.78, 5) is 0. The Morgan fingerprint density at radius 1 is 1.53 bits per heavy atom. The molecule has 0 radical (unpaired) electrons. The van der Waals surface area contributed by atoms with E-state index in [1.165, 1.54) is 9.26 Å². The van der Waals surface area contributed by atoms with Crippen LogP contribution in [-0.4, -0.2) is 16.4 Å². The SMILES string of the molecule is CCCOCc1c(I)cnn1[C@H](C)CC. The largest absolute Gasteiger partial charge is 0.375 e. The van der Waals surface area contributed by atoms with Crippen LogP contribution in [0.3, 0.4) is 0 Å². The highest BCUT2D eigenvalue weighted by Crippen LogP contribution is 2.18. The second-order valence-corrected chi connectivity index (χ2v) is 4.86. The maximum atomic E-state index is 5.58. The average molecular weight is 322 g/mol. The van der Waals surface area contributed by atoms with Crippen molar-refractivity contribution in [1.29, 1.82) is 0 Å². The number of rotatable bonds is 6. The van der Waals surface area contributed by atoms with Crippen molar-refractivity contribution in [2.75, 3.05) is 6.61 Å². The van der Waals surface area contributed by atoms with Gasteiger partial charge in [0, 0.05) is 12.6 Å². The molecular weight excluding hydrogens is 303 g/mol. The van der Waals surface area contributed by atoms with Gasteiger partial charge in [0.25, 0.3) is 0 Å². The van der Waals surface area contributed by atoms with Crippen molar-refractivity contribution in [3.63, 3.8) is 0 Å². The number of hydrogen-bond donors (Lipinski definition) is 0. The van der Waals surface area contributed by atoms with Gasteiger partial charge in [-0.15, -0.1) is 0 Å². The Kier molecular flexibility index (Phi) is 5.60. The Balaban J connectivity index is 2.70. The molecule has 0 saturated heterocycles. The van der Waals surface area contributed by atoms with E-state index in [0.717, 1.165) is 19.4 Å². The highest BCUT2D eigenvalue weighted by Gasteiger charge is 2.12. The molecule has 0 fully saturated rings. The molecular formula is C11H19IN2O. The van der Waals surface area contributed by atoms with Gasteiger partial charge in [-0.05, 0) is 42.4 Å². The van der Waals surface area contributed by atoms with Crippen molar-refractivity contribution < 1.29 is 4.74 Å². The summed E-state index contributed by atoms with van der Waals surface area (Å²) < 4.78 is 8.86. The molecule has 4 heteroatoms. The summed E-state index contributed by atoms with van der Waals surface area (Å²) in [7, 11) is 0. The minimum atomic E-state index is 0.453. The van der Waals surface area contributed by atoms with Gasteiger partial charge in [0.1, 0.15) is 0 Å². The lowest BCUT2D eigenvalue weighted by Gasteiger charge is -2.14. The van der Waals surface area contributed by atoms with Gasteiger partial charge in [0.15, 0.2) is 0 Å². The average Bonchev–Trinajstić information content (AvgIpc) is 2.60. The summed E-state index contributed by atoms with van der Waals surface area (Å²) in [5.41, 5.74) is 1.21. The van der Waals surface area contributed by atoms with Gasteiger partial charge >= 0.3 is 0 Å². The first kappa shape index (κ1) is 13.0. The van der Waals surface area contributed by atoms with Crippen LogP contribution in [0.15, 0.2) is 6.20 Å². The zero-order valence-electron chi connectivity index (χ0n) is 9.66. The lowest BCUT2D eigenvalue weighted by atomic mass is 10.2. The first-order valence-corrected chi connectivity index (χ1v) is 6.58. The van der Waals surface area contributed by atoms with Crippen molar-refractivity contribution in [3.8, 4) is 0 Å². The molecule has 0 aliphatic carbocycles. The predicted molar refractivity (Wildman–Crippen MR) is 69.9 cm³/mol. The molecule has 0 aliphatic heterocycles. The van der Waals surface area contributed by atoms with Crippen molar-refractivity contribution >= 4 is 22.6 Å². The van der Waals surface area contributed by atoms with Gasteiger partial charge in [-0.2, -0.15) is 5.10 Å². The van der Waals surface area contributed by atoms with E-state index in [0.29, 0.717) is 12.6 Å². The summed E-state index contributed by atoms with van der Waals surface area (Å²) in [5.74, 6) is 0. The molecule has 0 bridgehead atoms. The smallest absolute Gasteiger partial charge is 0.0895 e. The Morgan fingerprint density at radius 3 is 2.87 bits per heavy atom. The standard InChI is InChI=1S/C11H19IN2O/c1-4-6-15-8-11-10(12)7-13-14(11)9(3)5-2/h7,9H,4-6,8H2,1-3H3/t9-/m1/s1. The molecule has 0 aromatic carbocycles. The molecule has 1 atom stereocenters. The summed E-state index contributed by atoms with van der Waals surface area (Å²) in [6.07, 6.45) is 4.07.